The van der Waals surface area contributed by atoms with Gasteiger partial charge in [0.25, 0.3) is 0 Å². The summed E-state index contributed by atoms with van der Waals surface area (Å²) < 4.78 is 27.2. The van der Waals surface area contributed by atoms with Gasteiger partial charge in [0.05, 0.1) is 22.5 Å². The molecule has 3 rings (SSSR count). The molecule has 21 heavy (non-hydrogen) atoms. The Kier molecular flexibility index (Phi) is 3.81. The molecule has 0 atom stereocenters. The highest BCUT2D eigenvalue weighted by Gasteiger charge is 2.15. The van der Waals surface area contributed by atoms with Crippen molar-refractivity contribution in [3.05, 3.63) is 43.8 Å². The van der Waals surface area contributed by atoms with E-state index in [1.54, 1.807) is 23.5 Å². The van der Waals surface area contributed by atoms with Crippen LogP contribution in [0, 0.1) is 4.77 Å². The number of benzene rings is 1. The first-order valence-electron chi connectivity index (χ1n) is 6.01. The molecule has 8 heteroatoms. The average molecular weight is 403 g/mol. The standard InChI is InChI=1S/C13H11BrN2O2S3/c1-21(17,18)11-4-2-3-10-12(11)15-13(19)16(10)6-9-5-8(14)7-20-9/h2-5,7H,6H2,1H3,(H,15,19). The number of aromatic amines is 1. The summed E-state index contributed by atoms with van der Waals surface area (Å²) in [5, 5.41) is 2.01. The van der Waals surface area contributed by atoms with Crippen molar-refractivity contribution in [2.24, 2.45) is 0 Å². The van der Waals surface area contributed by atoms with E-state index >= 15 is 0 Å². The minimum Gasteiger partial charge on any atom is -0.329 e. The second kappa shape index (κ2) is 5.35. The fourth-order valence-electron chi connectivity index (χ4n) is 2.21. The molecule has 0 saturated carbocycles. The maximum atomic E-state index is 11.9. The summed E-state index contributed by atoms with van der Waals surface area (Å²) >= 11 is 10.4. The summed E-state index contributed by atoms with van der Waals surface area (Å²) in [5.74, 6) is 0. The lowest BCUT2D eigenvalue weighted by Crippen LogP contribution is -2.00. The van der Waals surface area contributed by atoms with Gasteiger partial charge in [0.1, 0.15) is 0 Å². The number of imidazole rings is 1. The number of H-pyrrole nitrogens is 1. The van der Waals surface area contributed by atoms with Crippen LogP contribution in [0.2, 0.25) is 0 Å². The number of aromatic nitrogens is 2. The van der Waals surface area contributed by atoms with Crippen molar-refractivity contribution in [1.29, 1.82) is 0 Å². The van der Waals surface area contributed by atoms with Crippen LogP contribution in [0.15, 0.2) is 39.0 Å². The Morgan fingerprint density at radius 3 is 2.81 bits per heavy atom. The summed E-state index contributed by atoms with van der Waals surface area (Å²) in [5.41, 5.74) is 1.37. The van der Waals surface area contributed by atoms with Crippen LogP contribution in [-0.2, 0) is 16.4 Å². The van der Waals surface area contributed by atoms with Crippen LogP contribution in [0.4, 0.5) is 0 Å². The molecule has 0 aliphatic carbocycles. The van der Waals surface area contributed by atoms with Crippen molar-refractivity contribution in [3.8, 4) is 0 Å². The minimum absolute atomic E-state index is 0.275. The molecule has 1 N–H and O–H groups in total. The van der Waals surface area contributed by atoms with Gasteiger partial charge >= 0.3 is 0 Å². The number of hydrogen-bond acceptors (Lipinski definition) is 4. The first kappa shape index (κ1) is 15.0. The van der Waals surface area contributed by atoms with Crippen LogP contribution in [0.3, 0.4) is 0 Å². The zero-order valence-corrected chi connectivity index (χ0v) is 15.0. The van der Waals surface area contributed by atoms with E-state index in [1.807, 2.05) is 22.1 Å². The third-order valence-corrected chi connectivity index (χ3v) is 6.25. The maximum Gasteiger partial charge on any atom is 0.178 e. The van der Waals surface area contributed by atoms with E-state index in [1.165, 1.54) is 6.26 Å². The summed E-state index contributed by atoms with van der Waals surface area (Å²) in [4.78, 5) is 4.44. The van der Waals surface area contributed by atoms with E-state index in [0.29, 0.717) is 16.8 Å². The Bertz CT molecular complexity index is 982. The third-order valence-electron chi connectivity index (χ3n) is 3.11. The number of rotatable bonds is 3. The molecule has 0 spiro atoms. The van der Waals surface area contributed by atoms with Crippen LogP contribution in [0.25, 0.3) is 11.0 Å². The normalized spacial score (nSPS) is 12.1. The number of fused-ring (bicyclic) bond motifs is 1. The molecule has 2 heterocycles. The van der Waals surface area contributed by atoms with Gasteiger partial charge < -0.3 is 9.55 Å². The number of sulfone groups is 1. The SMILES string of the molecule is CS(=O)(=O)c1cccc2c1[nH]c(=S)n2Cc1cc(Br)cs1. The Labute approximate surface area is 139 Å². The molecule has 0 bridgehead atoms. The lowest BCUT2D eigenvalue weighted by molar-refractivity contribution is 0.602. The molecule has 0 aliphatic rings. The molecule has 0 saturated heterocycles. The Balaban J connectivity index is 2.21. The van der Waals surface area contributed by atoms with Gasteiger partial charge in [-0.2, -0.15) is 0 Å². The molecule has 0 aliphatic heterocycles. The van der Waals surface area contributed by atoms with Gasteiger partial charge in [-0.3, -0.25) is 0 Å². The van der Waals surface area contributed by atoms with Crippen LogP contribution in [0.1, 0.15) is 4.88 Å². The fraction of sp³-hybridized carbons (Fsp3) is 0.154. The van der Waals surface area contributed by atoms with Crippen molar-refractivity contribution in [2.75, 3.05) is 6.26 Å². The van der Waals surface area contributed by atoms with Crippen LogP contribution < -0.4 is 0 Å². The minimum atomic E-state index is -3.30. The number of halogens is 1. The Hall–Kier alpha value is -0.960. The van der Waals surface area contributed by atoms with E-state index < -0.39 is 9.84 Å². The number of nitrogens with one attached hydrogen (secondary N) is 1. The molecule has 0 fully saturated rings. The molecular formula is C13H11BrN2O2S3. The van der Waals surface area contributed by atoms with Crippen molar-refractivity contribution < 1.29 is 8.42 Å². The first-order chi connectivity index (χ1) is 9.86. The second-order valence-electron chi connectivity index (χ2n) is 4.67. The molecule has 4 nitrogen and oxygen atoms in total. The molecule has 2 aromatic heterocycles. The topological polar surface area (TPSA) is 54.9 Å². The molecule has 3 aromatic rings. The van der Waals surface area contributed by atoms with Crippen LogP contribution >= 0.6 is 39.5 Å². The van der Waals surface area contributed by atoms with E-state index in [2.05, 4.69) is 20.9 Å². The highest BCUT2D eigenvalue weighted by molar-refractivity contribution is 9.10. The number of para-hydroxylation sites is 1. The third kappa shape index (κ3) is 2.85. The highest BCUT2D eigenvalue weighted by Crippen LogP contribution is 2.25. The largest absolute Gasteiger partial charge is 0.329 e. The number of nitrogens with zero attached hydrogens (tertiary/aromatic N) is 1. The van der Waals surface area contributed by atoms with E-state index in [9.17, 15) is 8.42 Å². The monoisotopic (exact) mass is 402 g/mol. The van der Waals surface area contributed by atoms with Gasteiger partial charge in [0.15, 0.2) is 14.6 Å². The molecule has 1 aromatic carbocycles. The summed E-state index contributed by atoms with van der Waals surface area (Å²) in [6.07, 6.45) is 1.20. The van der Waals surface area contributed by atoms with Crippen molar-refractivity contribution in [1.82, 2.24) is 9.55 Å². The predicted molar refractivity (Wildman–Crippen MR) is 91.4 cm³/mol. The van der Waals surface area contributed by atoms with E-state index in [0.717, 1.165) is 14.9 Å². The summed E-state index contributed by atoms with van der Waals surface area (Å²) in [6, 6.07) is 7.24. The van der Waals surface area contributed by atoms with Crippen molar-refractivity contribution >= 4 is 60.4 Å². The smallest absolute Gasteiger partial charge is 0.178 e. The molecule has 110 valence electrons. The number of thiophene rings is 1. The summed E-state index contributed by atoms with van der Waals surface area (Å²) in [7, 11) is -3.30. The zero-order chi connectivity index (χ0) is 15.2. The van der Waals surface area contributed by atoms with Crippen LogP contribution in [0.5, 0.6) is 0 Å². The van der Waals surface area contributed by atoms with E-state index in [4.69, 9.17) is 12.2 Å². The molecule has 0 radical (unpaired) electrons. The first-order valence-corrected chi connectivity index (χ1v) is 9.98. The van der Waals surface area contributed by atoms with Gasteiger partial charge in [-0.05, 0) is 46.3 Å². The molecule has 0 unspecified atom stereocenters. The van der Waals surface area contributed by atoms with Crippen molar-refractivity contribution in [2.45, 2.75) is 11.4 Å². The molecular weight excluding hydrogens is 392 g/mol. The van der Waals surface area contributed by atoms with Gasteiger partial charge in [-0.25, -0.2) is 8.42 Å². The fourth-order valence-corrected chi connectivity index (χ4v) is 4.77. The highest BCUT2D eigenvalue weighted by atomic mass is 79.9. The van der Waals surface area contributed by atoms with Gasteiger partial charge in [-0.1, -0.05) is 6.07 Å². The van der Waals surface area contributed by atoms with Crippen LogP contribution in [-0.4, -0.2) is 24.2 Å². The van der Waals surface area contributed by atoms with Gasteiger partial charge in [0.2, 0.25) is 0 Å². The van der Waals surface area contributed by atoms with Gasteiger partial charge in [-0.15, -0.1) is 11.3 Å². The number of hydrogen-bond donors (Lipinski definition) is 1. The Morgan fingerprint density at radius 1 is 1.43 bits per heavy atom. The molecule has 0 amide bonds. The quantitative estimate of drug-likeness (QED) is 0.674. The second-order valence-corrected chi connectivity index (χ2v) is 8.95. The lowest BCUT2D eigenvalue weighted by Gasteiger charge is -2.04. The van der Waals surface area contributed by atoms with Gasteiger partial charge in [0, 0.05) is 21.0 Å². The van der Waals surface area contributed by atoms with E-state index in [-0.39, 0.29) is 4.90 Å². The average Bonchev–Trinajstić information content (AvgIpc) is 2.93. The maximum absolute atomic E-state index is 11.9. The van der Waals surface area contributed by atoms with Crippen molar-refractivity contribution in [3.63, 3.8) is 0 Å². The lowest BCUT2D eigenvalue weighted by atomic mass is 10.3. The summed E-state index contributed by atoms with van der Waals surface area (Å²) in [6.45, 7) is 0.613. The predicted octanol–water partition coefficient (Wildman–Crippen LogP) is 3.97. The Morgan fingerprint density at radius 2 is 2.19 bits per heavy atom. The zero-order valence-electron chi connectivity index (χ0n) is 11.0.